The maximum Gasteiger partial charge on any atom is 0.286 e. The molecule has 0 aliphatic carbocycles. The SMILES string of the molecule is O=[N+]([O-])c1cc(O)ccc1Sc1ccc(Br)cc1. The van der Waals surface area contributed by atoms with Crippen LogP contribution in [0.4, 0.5) is 5.69 Å². The van der Waals surface area contributed by atoms with E-state index in [0.29, 0.717) is 4.90 Å². The summed E-state index contributed by atoms with van der Waals surface area (Å²) in [6.07, 6.45) is 0. The van der Waals surface area contributed by atoms with Crippen molar-refractivity contribution in [2.75, 3.05) is 0 Å². The number of hydrogen-bond acceptors (Lipinski definition) is 4. The van der Waals surface area contributed by atoms with Gasteiger partial charge in [-0.3, -0.25) is 10.1 Å². The van der Waals surface area contributed by atoms with Crippen LogP contribution in [0.25, 0.3) is 0 Å². The first kappa shape index (κ1) is 12.9. The third-order valence-electron chi connectivity index (χ3n) is 2.18. The molecular weight excluding hydrogens is 318 g/mol. The van der Waals surface area contributed by atoms with Gasteiger partial charge in [-0.25, -0.2) is 0 Å². The van der Waals surface area contributed by atoms with Gasteiger partial charge in [0.1, 0.15) is 5.75 Å². The molecule has 2 aromatic carbocycles. The zero-order chi connectivity index (χ0) is 13.1. The van der Waals surface area contributed by atoms with E-state index in [0.717, 1.165) is 15.4 Å². The summed E-state index contributed by atoms with van der Waals surface area (Å²) < 4.78 is 0.951. The number of hydrogen-bond donors (Lipinski definition) is 1. The Morgan fingerprint density at radius 1 is 1.17 bits per heavy atom. The van der Waals surface area contributed by atoms with Crippen LogP contribution in [0.2, 0.25) is 0 Å². The largest absolute Gasteiger partial charge is 0.508 e. The Labute approximate surface area is 116 Å². The molecule has 0 aliphatic heterocycles. The lowest BCUT2D eigenvalue weighted by Crippen LogP contribution is -1.90. The number of nitrogens with zero attached hydrogens (tertiary/aromatic N) is 1. The van der Waals surface area contributed by atoms with Crippen LogP contribution in [-0.4, -0.2) is 10.0 Å². The van der Waals surface area contributed by atoms with Gasteiger partial charge in [-0.2, -0.15) is 0 Å². The number of phenolic OH excluding ortho intramolecular Hbond substituents is 1. The van der Waals surface area contributed by atoms with Gasteiger partial charge in [-0.05, 0) is 36.4 Å². The van der Waals surface area contributed by atoms with Crippen LogP contribution >= 0.6 is 27.7 Å². The lowest BCUT2D eigenvalue weighted by molar-refractivity contribution is -0.387. The van der Waals surface area contributed by atoms with E-state index < -0.39 is 4.92 Å². The quantitative estimate of drug-likeness (QED) is 0.678. The molecule has 0 radical (unpaired) electrons. The lowest BCUT2D eigenvalue weighted by atomic mass is 10.3. The number of phenols is 1. The zero-order valence-corrected chi connectivity index (χ0v) is 11.4. The van der Waals surface area contributed by atoms with Crippen molar-refractivity contribution in [3.63, 3.8) is 0 Å². The van der Waals surface area contributed by atoms with E-state index in [-0.39, 0.29) is 11.4 Å². The minimum Gasteiger partial charge on any atom is -0.508 e. The smallest absolute Gasteiger partial charge is 0.286 e. The van der Waals surface area contributed by atoms with Gasteiger partial charge in [0.05, 0.1) is 15.9 Å². The maximum absolute atomic E-state index is 10.9. The van der Waals surface area contributed by atoms with Crippen LogP contribution in [-0.2, 0) is 0 Å². The molecule has 0 aromatic heterocycles. The van der Waals surface area contributed by atoms with Crippen LogP contribution in [0.15, 0.2) is 56.7 Å². The Morgan fingerprint density at radius 3 is 2.44 bits per heavy atom. The topological polar surface area (TPSA) is 63.4 Å². The molecule has 92 valence electrons. The Balaban J connectivity index is 2.34. The number of halogens is 1. The van der Waals surface area contributed by atoms with Crippen LogP contribution < -0.4 is 0 Å². The summed E-state index contributed by atoms with van der Waals surface area (Å²) in [5, 5.41) is 20.2. The van der Waals surface area contributed by atoms with Gasteiger partial charge in [0.2, 0.25) is 0 Å². The second-order valence-electron chi connectivity index (χ2n) is 3.47. The number of benzene rings is 2. The van der Waals surface area contributed by atoms with Gasteiger partial charge < -0.3 is 5.11 Å². The molecule has 1 N–H and O–H groups in total. The highest BCUT2D eigenvalue weighted by Gasteiger charge is 2.15. The van der Waals surface area contributed by atoms with E-state index in [4.69, 9.17) is 0 Å². The maximum atomic E-state index is 10.9. The molecule has 4 nitrogen and oxygen atoms in total. The van der Waals surface area contributed by atoms with Gasteiger partial charge in [0.15, 0.2) is 0 Å². The van der Waals surface area contributed by atoms with Crippen LogP contribution in [0.1, 0.15) is 0 Å². The highest BCUT2D eigenvalue weighted by Crippen LogP contribution is 2.36. The minimum atomic E-state index is -0.499. The molecule has 0 saturated heterocycles. The summed E-state index contributed by atoms with van der Waals surface area (Å²) in [6.45, 7) is 0. The molecule has 0 amide bonds. The third-order valence-corrected chi connectivity index (χ3v) is 3.78. The van der Waals surface area contributed by atoms with Crippen molar-refractivity contribution in [2.24, 2.45) is 0 Å². The fourth-order valence-electron chi connectivity index (χ4n) is 1.36. The molecule has 2 aromatic rings. The predicted molar refractivity (Wildman–Crippen MR) is 73.0 cm³/mol. The Bertz CT molecular complexity index is 586. The van der Waals surface area contributed by atoms with Gasteiger partial charge in [-0.15, -0.1) is 0 Å². The Hall–Kier alpha value is -1.53. The normalized spacial score (nSPS) is 10.3. The number of nitro benzene ring substituents is 1. The minimum absolute atomic E-state index is 0.0945. The summed E-state index contributed by atoms with van der Waals surface area (Å²) in [5.41, 5.74) is -0.0945. The average molecular weight is 326 g/mol. The molecule has 0 spiro atoms. The lowest BCUT2D eigenvalue weighted by Gasteiger charge is -2.03. The van der Waals surface area contributed by atoms with Crippen molar-refractivity contribution >= 4 is 33.4 Å². The first-order valence-corrected chi connectivity index (χ1v) is 6.58. The molecule has 0 bridgehead atoms. The first-order valence-electron chi connectivity index (χ1n) is 4.97. The Kier molecular flexibility index (Phi) is 3.88. The molecule has 0 fully saturated rings. The average Bonchev–Trinajstić information content (AvgIpc) is 2.34. The fraction of sp³-hybridized carbons (Fsp3) is 0. The first-order chi connectivity index (χ1) is 8.56. The molecular formula is C12H8BrNO3S. The van der Waals surface area contributed by atoms with E-state index in [2.05, 4.69) is 15.9 Å². The second kappa shape index (κ2) is 5.41. The summed E-state index contributed by atoms with van der Waals surface area (Å²) in [7, 11) is 0. The van der Waals surface area contributed by atoms with Gasteiger partial charge >= 0.3 is 0 Å². The standard InChI is InChI=1S/C12H8BrNO3S/c13-8-1-4-10(5-2-8)18-12-6-3-9(15)7-11(12)14(16)17/h1-7,15H. The van der Waals surface area contributed by atoms with Crippen molar-refractivity contribution in [2.45, 2.75) is 9.79 Å². The molecule has 6 heteroatoms. The molecule has 18 heavy (non-hydrogen) atoms. The van der Waals surface area contributed by atoms with Crippen LogP contribution in [0.5, 0.6) is 5.75 Å². The van der Waals surface area contributed by atoms with Crippen molar-refractivity contribution in [3.8, 4) is 5.75 Å². The predicted octanol–water partition coefficient (Wildman–Crippen LogP) is 4.21. The van der Waals surface area contributed by atoms with E-state index in [1.165, 1.54) is 17.8 Å². The highest BCUT2D eigenvalue weighted by atomic mass is 79.9. The van der Waals surface area contributed by atoms with Crippen molar-refractivity contribution in [1.29, 1.82) is 0 Å². The highest BCUT2D eigenvalue weighted by molar-refractivity contribution is 9.10. The Morgan fingerprint density at radius 2 is 1.83 bits per heavy atom. The fourth-order valence-corrected chi connectivity index (χ4v) is 2.53. The molecule has 0 aliphatic rings. The van der Waals surface area contributed by atoms with Crippen molar-refractivity contribution in [3.05, 3.63) is 57.1 Å². The van der Waals surface area contributed by atoms with Gasteiger partial charge in [0, 0.05) is 9.37 Å². The van der Waals surface area contributed by atoms with Crippen molar-refractivity contribution < 1.29 is 10.0 Å². The number of nitro groups is 1. The van der Waals surface area contributed by atoms with E-state index in [1.807, 2.05) is 24.3 Å². The molecule has 2 rings (SSSR count). The monoisotopic (exact) mass is 325 g/mol. The van der Waals surface area contributed by atoms with Crippen LogP contribution in [0, 0.1) is 10.1 Å². The number of aromatic hydroxyl groups is 1. The zero-order valence-electron chi connectivity index (χ0n) is 9.04. The molecule has 0 unspecified atom stereocenters. The summed E-state index contributed by atoms with van der Waals surface area (Å²) in [6, 6.07) is 11.6. The molecule has 0 atom stereocenters. The summed E-state index contributed by atoms with van der Waals surface area (Å²) in [4.78, 5) is 11.8. The van der Waals surface area contributed by atoms with Gasteiger partial charge in [0.25, 0.3) is 5.69 Å². The van der Waals surface area contributed by atoms with Crippen LogP contribution in [0.3, 0.4) is 0 Å². The van der Waals surface area contributed by atoms with E-state index in [1.54, 1.807) is 6.07 Å². The third kappa shape index (κ3) is 3.02. The van der Waals surface area contributed by atoms with Gasteiger partial charge in [-0.1, -0.05) is 27.7 Å². The summed E-state index contributed by atoms with van der Waals surface area (Å²) >= 11 is 4.61. The summed E-state index contributed by atoms with van der Waals surface area (Å²) in [5.74, 6) is -0.109. The molecule has 0 heterocycles. The molecule has 0 saturated carbocycles. The van der Waals surface area contributed by atoms with E-state index >= 15 is 0 Å². The van der Waals surface area contributed by atoms with E-state index in [9.17, 15) is 15.2 Å². The number of rotatable bonds is 3. The second-order valence-corrected chi connectivity index (χ2v) is 5.50. The van der Waals surface area contributed by atoms with Crippen molar-refractivity contribution in [1.82, 2.24) is 0 Å².